The van der Waals surface area contributed by atoms with Crippen molar-refractivity contribution in [1.82, 2.24) is 10.2 Å². The van der Waals surface area contributed by atoms with Gasteiger partial charge in [0.15, 0.2) is 0 Å². The van der Waals surface area contributed by atoms with E-state index in [-0.39, 0.29) is 29.2 Å². The Hall–Kier alpha value is -3.02. The molecule has 28 heavy (non-hydrogen) atoms. The third kappa shape index (κ3) is 5.49. The fourth-order valence-electron chi connectivity index (χ4n) is 3.29. The zero-order valence-electron chi connectivity index (χ0n) is 15.8. The molecule has 2 N–H and O–H groups in total. The smallest absolute Gasteiger partial charge is 0.255 e. The van der Waals surface area contributed by atoms with E-state index < -0.39 is 0 Å². The van der Waals surface area contributed by atoms with Gasteiger partial charge in [0, 0.05) is 25.6 Å². The quantitative estimate of drug-likeness (QED) is 0.722. The SMILES string of the molecule is O=C(NC1CCN(C(=O)CCCOc2ccccc2)CC1)c1ccccc1O. The van der Waals surface area contributed by atoms with Crippen LogP contribution >= 0.6 is 0 Å². The van der Waals surface area contributed by atoms with Crippen LogP contribution in [-0.4, -0.2) is 47.6 Å². The van der Waals surface area contributed by atoms with Crippen molar-refractivity contribution in [2.45, 2.75) is 31.7 Å². The maximum Gasteiger partial charge on any atom is 0.255 e. The van der Waals surface area contributed by atoms with Gasteiger partial charge < -0.3 is 20.1 Å². The van der Waals surface area contributed by atoms with E-state index >= 15 is 0 Å². The Morgan fingerprint density at radius 2 is 1.71 bits per heavy atom. The first-order valence-electron chi connectivity index (χ1n) is 9.68. The first-order chi connectivity index (χ1) is 13.6. The Morgan fingerprint density at radius 1 is 1.04 bits per heavy atom. The molecular weight excluding hydrogens is 356 g/mol. The number of phenols is 1. The molecule has 1 aliphatic rings. The van der Waals surface area contributed by atoms with E-state index in [4.69, 9.17) is 4.74 Å². The minimum atomic E-state index is -0.277. The number of hydrogen-bond acceptors (Lipinski definition) is 4. The summed E-state index contributed by atoms with van der Waals surface area (Å²) in [4.78, 5) is 26.5. The molecule has 3 rings (SSSR count). The van der Waals surface area contributed by atoms with Crippen LogP contribution in [0, 0.1) is 0 Å². The largest absolute Gasteiger partial charge is 0.507 e. The Balaban J connectivity index is 1.36. The summed E-state index contributed by atoms with van der Waals surface area (Å²) in [7, 11) is 0. The number of carbonyl (C=O) groups excluding carboxylic acids is 2. The van der Waals surface area contributed by atoms with Crippen LogP contribution in [0.1, 0.15) is 36.0 Å². The van der Waals surface area contributed by atoms with Crippen LogP contribution in [0.15, 0.2) is 54.6 Å². The molecule has 0 saturated carbocycles. The summed E-state index contributed by atoms with van der Waals surface area (Å²) in [6, 6.07) is 16.1. The van der Waals surface area contributed by atoms with Crippen LogP contribution < -0.4 is 10.1 Å². The molecule has 0 aromatic heterocycles. The second-order valence-corrected chi connectivity index (χ2v) is 6.91. The van der Waals surface area contributed by atoms with Gasteiger partial charge in [-0.05, 0) is 43.5 Å². The fourth-order valence-corrected chi connectivity index (χ4v) is 3.29. The van der Waals surface area contributed by atoms with E-state index in [0.717, 1.165) is 5.75 Å². The number of nitrogens with one attached hydrogen (secondary N) is 1. The summed E-state index contributed by atoms with van der Waals surface area (Å²) in [6.07, 6.45) is 2.57. The molecule has 0 atom stereocenters. The van der Waals surface area contributed by atoms with Crippen molar-refractivity contribution >= 4 is 11.8 Å². The summed E-state index contributed by atoms with van der Waals surface area (Å²) in [5.74, 6) is 0.643. The maximum atomic E-state index is 12.4. The Labute approximate surface area is 165 Å². The molecule has 1 saturated heterocycles. The first kappa shape index (κ1) is 19.7. The molecule has 6 heteroatoms. The molecule has 0 bridgehead atoms. The summed E-state index contributed by atoms with van der Waals surface area (Å²) in [5.41, 5.74) is 0.277. The Bertz CT molecular complexity index is 786. The van der Waals surface area contributed by atoms with Crippen molar-refractivity contribution in [3.8, 4) is 11.5 Å². The predicted molar refractivity (Wildman–Crippen MR) is 106 cm³/mol. The molecule has 0 unspecified atom stereocenters. The number of nitrogens with zero attached hydrogens (tertiary/aromatic N) is 1. The Morgan fingerprint density at radius 3 is 2.43 bits per heavy atom. The lowest BCUT2D eigenvalue weighted by molar-refractivity contribution is -0.132. The average molecular weight is 382 g/mol. The minimum absolute atomic E-state index is 0.0116. The molecule has 148 valence electrons. The van der Waals surface area contributed by atoms with Crippen molar-refractivity contribution in [2.75, 3.05) is 19.7 Å². The summed E-state index contributed by atoms with van der Waals surface area (Å²) < 4.78 is 5.62. The van der Waals surface area contributed by atoms with Gasteiger partial charge in [0.05, 0.1) is 12.2 Å². The van der Waals surface area contributed by atoms with Crippen molar-refractivity contribution in [1.29, 1.82) is 0 Å². The van der Waals surface area contributed by atoms with Crippen LogP contribution in [0.5, 0.6) is 11.5 Å². The fraction of sp³-hybridized carbons (Fsp3) is 0.364. The van der Waals surface area contributed by atoms with E-state index in [1.54, 1.807) is 18.2 Å². The third-order valence-electron chi connectivity index (χ3n) is 4.88. The second-order valence-electron chi connectivity index (χ2n) is 6.91. The molecule has 1 fully saturated rings. The predicted octanol–water partition coefficient (Wildman–Crippen LogP) is 2.97. The highest BCUT2D eigenvalue weighted by atomic mass is 16.5. The maximum absolute atomic E-state index is 12.4. The molecule has 1 heterocycles. The monoisotopic (exact) mass is 382 g/mol. The Kier molecular flexibility index (Phi) is 6.89. The zero-order chi connectivity index (χ0) is 19.8. The number of ether oxygens (including phenoxy) is 1. The van der Waals surface area contributed by atoms with Gasteiger partial charge in [0.1, 0.15) is 11.5 Å². The van der Waals surface area contributed by atoms with Gasteiger partial charge >= 0.3 is 0 Å². The van der Waals surface area contributed by atoms with Crippen LogP contribution in [0.2, 0.25) is 0 Å². The summed E-state index contributed by atoms with van der Waals surface area (Å²) in [5, 5.41) is 12.7. The van der Waals surface area contributed by atoms with Gasteiger partial charge in [-0.15, -0.1) is 0 Å². The van der Waals surface area contributed by atoms with Gasteiger partial charge in [0.25, 0.3) is 5.91 Å². The molecule has 2 aromatic rings. The van der Waals surface area contributed by atoms with E-state index in [9.17, 15) is 14.7 Å². The number of carbonyl (C=O) groups is 2. The minimum Gasteiger partial charge on any atom is -0.507 e. The van der Waals surface area contributed by atoms with Crippen LogP contribution in [0.3, 0.4) is 0 Å². The standard InChI is InChI=1S/C22H26N2O4/c25-20-10-5-4-9-19(20)22(27)23-17-12-14-24(15-13-17)21(26)11-6-16-28-18-7-2-1-3-8-18/h1-5,7-10,17,25H,6,11-16H2,(H,23,27). The van der Waals surface area contributed by atoms with Crippen molar-refractivity contribution in [3.05, 3.63) is 60.2 Å². The first-order valence-corrected chi connectivity index (χ1v) is 9.68. The van der Waals surface area contributed by atoms with Crippen molar-refractivity contribution in [3.63, 3.8) is 0 Å². The van der Waals surface area contributed by atoms with E-state index in [1.807, 2.05) is 35.2 Å². The van der Waals surface area contributed by atoms with Gasteiger partial charge in [-0.25, -0.2) is 0 Å². The van der Waals surface area contributed by atoms with E-state index in [2.05, 4.69) is 5.32 Å². The highest BCUT2D eigenvalue weighted by Gasteiger charge is 2.24. The topological polar surface area (TPSA) is 78.9 Å². The van der Waals surface area contributed by atoms with Gasteiger partial charge in [-0.2, -0.15) is 0 Å². The zero-order valence-corrected chi connectivity index (χ0v) is 15.8. The molecule has 6 nitrogen and oxygen atoms in total. The second kappa shape index (κ2) is 9.78. The molecule has 2 amide bonds. The molecule has 1 aliphatic heterocycles. The number of rotatable bonds is 7. The average Bonchev–Trinajstić information content (AvgIpc) is 2.72. The number of aromatic hydroxyl groups is 1. The molecule has 0 spiro atoms. The van der Waals surface area contributed by atoms with E-state index in [0.29, 0.717) is 45.4 Å². The number of amides is 2. The van der Waals surface area contributed by atoms with Gasteiger partial charge in [-0.1, -0.05) is 30.3 Å². The van der Waals surface area contributed by atoms with Crippen molar-refractivity contribution in [2.24, 2.45) is 0 Å². The van der Waals surface area contributed by atoms with E-state index in [1.165, 1.54) is 6.07 Å². The summed E-state index contributed by atoms with van der Waals surface area (Å²) >= 11 is 0. The number of piperidine rings is 1. The van der Waals surface area contributed by atoms with Gasteiger partial charge in [0.2, 0.25) is 5.91 Å². The molecule has 0 aliphatic carbocycles. The lowest BCUT2D eigenvalue weighted by Gasteiger charge is -2.32. The highest BCUT2D eigenvalue weighted by Crippen LogP contribution is 2.18. The third-order valence-corrected chi connectivity index (χ3v) is 4.88. The molecule has 2 aromatic carbocycles. The normalized spacial score (nSPS) is 14.5. The number of hydrogen-bond donors (Lipinski definition) is 2. The number of likely N-dealkylation sites (tertiary alicyclic amines) is 1. The number of para-hydroxylation sites is 2. The van der Waals surface area contributed by atoms with Crippen LogP contribution in [0.4, 0.5) is 0 Å². The van der Waals surface area contributed by atoms with Gasteiger partial charge in [-0.3, -0.25) is 9.59 Å². The lowest BCUT2D eigenvalue weighted by atomic mass is 10.0. The van der Waals surface area contributed by atoms with Crippen molar-refractivity contribution < 1.29 is 19.4 Å². The molecule has 0 radical (unpaired) electrons. The van der Waals surface area contributed by atoms with Crippen LogP contribution in [-0.2, 0) is 4.79 Å². The number of phenolic OH excluding ortho intramolecular Hbond substituents is 1. The summed E-state index contributed by atoms with van der Waals surface area (Å²) in [6.45, 7) is 1.77. The lowest BCUT2D eigenvalue weighted by Crippen LogP contribution is -2.46. The number of benzene rings is 2. The molecular formula is C22H26N2O4. The van der Waals surface area contributed by atoms with Crippen LogP contribution in [0.25, 0.3) is 0 Å². The highest BCUT2D eigenvalue weighted by molar-refractivity contribution is 5.96.